The Bertz CT molecular complexity index is 1070. The summed E-state index contributed by atoms with van der Waals surface area (Å²) >= 11 is 6.74. The van der Waals surface area contributed by atoms with E-state index in [4.69, 9.17) is 16.0 Å². The lowest BCUT2D eigenvalue weighted by Crippen LogP contribution is -2.27. The summed E-state index contributed by atoms with van der Waals surface area (Å²) in [4.78, 5) is 26.2. The van der Waals surface area contributed by atoms with Gasteiger partial charge in [-0.05, 0) is 65.9 Å². The minimum absolute atomic E-state index is 0.0937. The van der Waals surface area contributed by atoms with Crippen LogP contribution in [-0.2, 0) is 11.3 Å². The van der Waals surface area contributed by atoms with Crippen LogP contribution in [0.3, 0.4) is 0 Å². The zero-order chi connectivity index (χ0) is 19.7. The van der Waals surface area contributed by atoms with Gasteiger partial charge < -0.3 is 4.42 Å². The summed E-state index contributed by atoms with van der Waals surface area (Å²) in [5.74, 6) is 0.335. The van der Waals surface area contributed by atoms with Crippen LogP contribution in [0.5, 0.6) is 0 Å². The molecule has 3 aromatic rings. The molecule has 2 amide bonds. The highest BCUT2D eigenvalue weighted by Crippen LogP contribution is 2.34. The van der Waals surface area contributed by atoms with Crippen molar-refractivity contribution in [1.82, 2.24) is 4.90 Å². The van der Waals surface area contributed by atoms with Crippen LogP contribution >= 0.6 is 23.4 Å². The molecule has 1 aliphatic rings. The van der Waals surface area contributed by atoms with Crippen molar-refractivity contribution in [3.63, 3.8) is 0 Å². The number of rotatable bonds is 4. The third kappa shape index (κ3) is 3.88. The summed E-state index contributed by atoms with van der Waals surface area (Å²) in [5.41, 5.74) is 1.53. The predicted molar refractivity (Wildman–Crippen MR) is 107 cm³/mol. The van der Waals surface area contributed by atoms with E-state index in [1.54, 1.807) is 42.5 Å². The average molecular weight is 414 g/mol. The second-order valence-electron chi connectivity index (χ2n) is 6.10. The van der Waals surface area contributed by atoms with E-state index >= 15 is 0 Å². The van der Waals surface area contributed by atoms with E-state index < -0.39 is 5.91 Å². The Morgan fingerprint density at radius 2 is 1.71 bits per heavy atom. The molecule has 0 aliphatic carbocycles. The zero-order valence-corrected chi connectivity index (χ0v) is 16.0. The van der Waals surface area contributed by atoms with Crippen molar-refractivity contribution in [2.75, 3.05) is 0 Å². The second kappa shape index (κ2) is 7.66. The quantitative estimate of drug-likeness (QED) is 0.494. The van der Waals surface area contributed by atoms with Crippen molar-refractivity contribution in [3.8, 4) is 11.3 Å². The number of carbonyl (C=O) groups is 2. The molecule has 7 heteroatoms. The Kier molecular flexibility index (Phi) is 5.07. The number of carbonyl (C=O) groups excluding carboxylic acids is 2. The molecule has 0 saturated carbocycles. The molecule has 1 saturated heterocycles. The third-order valence-electron chi connectivity index (χ3n) is 4.16. The molecular weight excluding hydrogens is 401 g/mol. The van der Waals surface area contributed by atoms with E-state index in [1.165, 1.54) is 12.1 Å². The van der Waals surface area contributed by atoms with Crippen LogP contribution in [0, 0.1) is 5.82 Å². The van der Waals surface area contributed by atoms with Crippen LogP contribution in [0.15, 0.2) is 70.0 Å². The van der Waals surface area contributed by atoms with Crippen molar-refractivity contribution in [2.45, 2.75) is 6.54 Å². The van der Waals surface area contributed by atoms with Gasteiger partial charge in [-0.15, -0.1) is 0 Å². The number of benzene rings is 2. The van der Waals surface area contributed by atoms with Crippen molar-refractivity contribution in [2.24, 2.45) is 0 Å². The van der Waals surface area contributed by atoms with Crippen LogP contribution in [0.1, 0.15) is 11.3 Å². The van der Waals surface area contributed by atoms with Gasteiger partial charge in [0.2, 0.25) is 0 Å². The Morgan fingerprint density at radius 3 is 2.43 bits per heavy atom. The molecule has 2 heterocycles. The molecule has 1 fully saturated rings. The number of thioether (sulfide) groups is 1. The van der Waals surface area contributed by atoms with E-state index in [2.05, 4.69) is 0 Å². The highest BCUT2D eigenvalue weighted by atomic mass is 35.5. The summed E-state index contributed by atoms with van der Waals surface area (Å²) in [5, 5.41) is 0.260. The van der Waals surface area contributed by atoms with Gasteiger partial charge in [0.1, 0.15) is 17.3 Å². The smallest absolute Gasteiger partial charge is 0.293 e. The molecular formula is C21H13ClFNO3S. The standard InChI is InChI=1S/C21H13ClFNO3S/c22-15-5-3-14(4-6-15)18-10-9-17(27-18)11-19-20(25)24(21(26)28-19)12-13-1-7-16(23)8-2-13/h1-11H,12H2. The molecule has 1 aliphatic heterocycles. The Balaban J connectivity index is 1.52. The van der Waals surface area contributed by atoms with E-state index in [1.807, 2.05) is 12.1 Å². The highest BCUT2D eigenvalue weighted by molar-refractivity contribution is 8.18. The third-order valence-corrected chi connectivity index (χ3v) is 5.32. The lowest BCUT2D eigenvalue weighted by molar-refractivity contribution is -0.123. The lowest BCUT2D eigenvalue weighted by Gasteiger charge is -2.12. The molecule has 0 unspecified atom stereocenters. The van der Waals surface area contributed by atoms with Gasteiger partial charge in [-0.3, -0.25) is 14.5 Å². The van der Waals surface area contributed by atoms with Crippen molar-refractivity contribution in [1.29, 1.82) is 0 Å². The van der Waals surface area contributed by atoms with Gasteiger partial charge in [0, 0.05) is 16.7 Å². The first-order chi connectivity index (χ1) is 13.5. The Hall–Kier alpha value is -2.83. The van der Waals surface area contributed by atoms with Gasteiger partial charge in [-0.1, -0.05) is 23.7 Å². The number of hydrogen-bond donors (Lipinski definition) is 0. The number of imide groups is 1. The molecule has 0 bridgehead atoms. The first-order valence-corrected chi connectivity index (χ1v) is 9.54. The van der Waals surface area contributed by atoms with Crippen LogP contribution in [0.25, 0.3) is 17.4 Å². The SMILES string of the molecule is O=C1SC(=Cc2ccc(-c3ccc(Cl)cc3)o2)C(=O)N1Cc1ccc(F)cc1. The molecule has 0 radical (unpaired) electrons. The first-order valence-electron chi connectivity index (χ1n) is 8.35. The van der Waals surface area contributed by atoms with E-state index in [0.29, 0.717) is 22.1 Å². The number of furan rings is 1. The van der Waals surface area contributed by atoms with E-state index in [-0.39, 0.29) is 22.5 Å². The Morgan fingerprint density at radius 1 is 1.00 bits per heavy atom. The normalized spacial score (nSPS) is 15.6. The number of hydrogen-bond acceptors (Lipinski definition) is 4. The summed E-state index contributed by atoms with van der Waals surface area (Å²) in [6.07, 6.45) is 1.55. The molecule has 0 N–H and O–H groups in total. The molecule has 28 heavy (non-hydrogen) atoms. The molecule has 4 rings (SSSR count). The molecule has 0 atom stereocenters. The van der Waals surface area contributed by atoms with Gasteiger partial charge >= 0.3 is 0 Å². The summed E-state index contributed by atoms with van der Waals surface area (Å²) in [6.45, 7) is 0.0937. The van der Waals surface area contributed by atoms with Crippen molar-refractivity contribution < 1.29 is 18.4 Å². The van der Waals surface area contributed by atoms with E-state index in [9.17, 15) is 14.0 Å². The highest BCUT2D eigenvalue weighted by Gasteiger charge is 2.35. The maximum absolute atomic E-state index is 13.0. The number of amides is 2. The fourth-order valence-electron chi connectivity index (χ4n) is 2.74. The van der Waals surface area contributed by atoms with Crippen LogP contribution in [0.4, 0.5) is 9.18 Å². The summed E-state index contributed by atoms with van der Waals surface area (Å²) in [7, 11) is 0. The van der Waals surface area contributed by atoms with Crippen molar-refractivity contribution >= 4 is 40.6 Å². The molecule has 1 aromatic heterocycles. The molecule has 2 aromatic carbocycles. The second-order valence-corrected chi connectivity index (χ2v) is 7.53. The lowest BCUT2D eigenvalue weighted by atomic mass is 10.2. The van der Waals surface area contributed by atoms with Gasteiger partial charge in [0.15, 0.2) is 0 Å². The molecule has 140 valence electrons. The first kappa shape index (κ1) is 18.5. The minimum atomic E-state index is -0.399. The summed E-state index contributed by atoms with van der Waals surface area (Å²) < 4.78 is 18.8. The monoisotopic (exact) mass is 413 g/mol. The Labute approximate surface area is 169 Å². The fraction of sp³-hybridized carbons (Fsp3) is 0.0476. The zero-order valence-electron chi connectivity index (χ0n) is 14.4. The molecule has 4 nitrogen and oxygen atoms in total. The largest absolute Gasteiger partial charge is 0.457 e. The van der Waals surface area contributed by atoms with Gasteiger partial charge in [0.05, 0.1) is 11.4 Å². The van der Waals surface area contributed by atoms with Crippen LogP contribution in [-0.4, -0.2) is 16.0 Å². The molecule has 0 spiro atoms. The maximum Gasteiger partial charge on any atom is 0.293 e. The van der Waals surface area contributed by atoms with Crippen LogP contribution < -0.4 is 0 Å². The summed E-state index contributed by atoms with van der Waals surface area (Å²) in [6, 6.07) is 16.4. The topological polar surface area (TPSA) is 50.5 Å². The maximum atomic E-state index is 13.0. The van der Waals surface area contributed by atoms with Gasteiger partial charge in [-0.2, -0.15) is 0 Å². The predicted octanol–water partition coefficient (Wildman–Crippen LogP) is 5.98. The van der Waals surface area contributed by atoms with Crippen molar-refractivity contribution in [3.05, 3.63) is 87.7 Å². The minimum Gasteiger partial charge on any atom is -0.457 e. The van der Waals surface area contributed by atoms with Gasteiger partial charge in [-0.25, -0.2) is 4.39 Å². The van der Waals surface area contributed by atoms with Crippen LogP contribution in [0.2, 0.25) is 5.02 Å². The number of halogens is 2. The number of nitrogens with zero attached hydrogens (tertiary/aromatic N) is 1. The van der Waals surface area contributed by atoms with Gasteiger partial charge in [0.25, 0.3) is 11.1 Å². The van der Waals surface area contributed by atoms with E-state index in [0.717, 1.165) is 22.2 Å². The average Bonchev–Trinajstić information content (AvgIpc) is 3.24. The fourth-order valence-corrected chi connectivity index (χ4v) is 3.68.